The van der Waals surface area contributed by atoms with Gasteiger partial charge in [-0.1, -0.05) is 250 Å². The molecule has 3 atom stereocenters. The minimum atomic E-state index is -0.341. The number of anilines is 3. The first kappa shape index (κ1) is 47.5. The molecular formula is C78H58N2. The molecule has 0 amide bonds. The molecule has 1 aromatic heterocycles. The molecule has 0 spiro atoms. The Bertz CT molecular complexity index is 4400. The summed E-state index contributed by atoms with van der Waals surface area (Å²) < 4.78 is 2.49. The summed E-state index contributed by atoms with van der Waals surface area (Å²) in [4.78, 5) is 2.46. The lowest BCUT2D eigenvalue weighted by Gasteiger charge is -2.39. The van der Waals surface area contributed by atoms with Crippen molar-refractivity contribution in [2.75, 3.05) is 4.90 Å². The van der Waals surface area contributed by atoms with Crippen molar-refractivity contribution < 1.29 is 0 Å². The highest BCUT2D eigenvalue weighted by atomic mass is 15.1. The molecular weight excluding hydrogens is 965 g/mol. The van der Waals surface area contributed by atoms with Crippen LogP contribution in [0.3, 0.4) is 0 Å². The Labute approximate surface area is 469 Å². The minimum Gasteiger partial charge on any atom is -0.313 e. The highest BCUT2D eigenvalue weighted by Crippen LogP contribution is 2.58. The minimum absolute atomic E-state index is 0.260. The number of rotatable bonds is 10. The Balaban J connectivity index is 0.871. The predicted molar refractivity (Wildman–Crippen MR) is 337 cm³/mol. The fourth-order valence-electron chi connectivity index (χ4n) is 13.8. The number of nitrogens with zero attached hydrogens (tertiary/aromatic N) is 2. The normalized spacial score (nSPS) is 16.9. The van der Waals surface area contributed by atoms with Crippen molar-refractivity contribution in [2.45, 2.75) is 25.2 Å². The van der Waals surface area contributed by atoms with E-state index in [1.807, 2.05) is 0 Å². The van der Waals surface area contributed by atoms with E-state index in [9.17, 15) is 0 Å². The number of hydrogen-bond acceptors (Lipinski definition) is 1. The number of aromatic nitrogens is 1. The van der Waals surface area contributed by atoms with E-state index in [0.29, 0.717) is 5.92 Å². The number of allylic oxidation sites excluding steroid dienone is 5. The molecule has 3 aliphatic carbocycles. The fourth-order valence-corrected chi connectivity index (χ4v) is 13.8. The molecule has 12 aromatic rings. The average molecular weight is 1020 g/mol. The molecule has 0 saturated heterocycles. The molecule has 1 heterocycles. The van der Waals surface area contributed by atoms with Gasteiger partial charge in [0.15, 0.2) is 0 Å². The average Bonchev–Trinajstić information content (AvgIpc) is 4.08. The second kappa shape index (κ2) is 19.6. The van der Waals surface area contributed by atoms with Crippen molar-refractivity contribution in [1.82, 2.24) is 4.57 Å². The largest absolute Gasteiger partial charge is 0.313 e. The lowest BCUT2D eigenvalue weighted by Crippen LogP contribution is -2.35. The molecule has 0 saturated carbocycles. The first-order valence-electron chi connectivity index (χ1n) is 28.3. The van der Waals surface area contributed by atoms with Gasteiger partial charge < -0.3 is 9.47 Å². The van der Waals surface area contributed by atoms with Gasteiger partial charge >= 0.3 is 0 Å². The molecule has 15 rings (SSSR count). The molecule has 80 heavy (non-hydrogen) atoms. The zero-order valence-electron chi connectivity index (χ0n) is 44.8. The van der Waals surface area contributed by atoms with Crippen molar-refractivity contribution in [3.05, 3.63) is 319 Å². The Morgan fingerprint density at radius 3 is 1.77 bits per heavy atom. The smallest absolute Gasteiger partial charge is 0.0543 e. The van der Waals surface area contributed by atoms with Gasteiger partial charge in [0, 0.05) is 39.3 Å². The van der Waals surface area contributed by atoms with Crippen LogP contribution in [0, 0.1) is 11.8 Å². The lowest BCUT2D eigenvalue weighted by molar-refractivity contribution is 0.457. The Hall–Kier alpha value is -9.76. The third kappa shape index (κ3) is 7.77. The van der Waals surface area contributed by atoms with Crippen molar-refractivity contribution in [3.63, 3.8) is 0 Å². The Kier molecular flexibility index (Phi) is 11.6. The molecule has 2 nitrogen and oxygen atoms in total. The lowest BCUT2D eigenvalue weighted by atomic mass is 9.62. The number of benzene rings is 11. The van der Waals surface area contributed by atoms with E-state index in [2.05, 4.69) is 314 Å². The van der Waals surface area contributed by atoms with Gasteiger partial charge in [0.05, 0.1) is 16.6 Å². The van der Waals surface area contributed by atoms with E-state index < -0.39 is 0 Å². The topological polar surface area (TPSA) is 8.17 Å². The van der Waals surface area contributed by atoms with E-state index in [-0.39, 0.29) is 11.3 Å². The third-order valence-electron chi connectivity index (χ3n) is 17.4. The van der Waals surface area contributed by atoms with Crippen molar-refractivity contribution in [1.29, 1.82) is 0 Å². The zero-order valence-corrected chi connectivity index (χ0v) is 44.8. The quantitative estimate of drug-likeness (QED) is 0.133. The molecule has 3 unspecified atom stereocenters. The number of fused-ring (bicyclic) bond motifs is 7. The summed E-state index contributed by atoms with van der Waals surface area (Å²) in [6, 6.07) is 97.2. The van der Waals surface area contributed by atoms with E-state index in [4.69, 9.17) is 0 Å². The fraction of sp³-hybridized carbons (Fsp3) is 0.0769. The van der Waals surface area contributed by atoms with Gasteiger partial charge in [-0.2, -0.15) is 0 Å². The van der Waals surface area contributed by atoms with Crippen LogP contribution in [0.5, 0.6) is 0 Å². The van der Waals surface area contributed by atoms with E-state index in [0.717, 1.165) is 35.5 Å². The van der Waals surface area contributed by atoms with Crippen LogP contribution < -0.4 is 4.90 Å². The standard InChI is InChI=1S/C78H58N2/c1-53-36-47-69-70-49-42-59(52-76(70)80(75(69)50-53)62-28-12-5-13-29-62)55-39-45-64(46-40-55)79(74-35-17-15-31-68(74)71-33-19-23-57-22-18-32-65(77(57)71)56-20-6-2-7-21-56)63-43-37-54(38-44-63)58-41-48-67-66-30-14-16-34-72(66)78(73(67)51-58,60-24-8-3-9-25-60)61-26-10-4-11-27-61/h2-26,28-49,51-53,61H,27,50H2,1H3. The van der Waals surface area contributed by atoms with Gasteiger partial charge in [-0.15, -0.1) is 0 Å². The molecule has 380 valence electrons. The van der Waals surface area contributed by atoms with E-state index >= 15 is 0 Å². The first-order chi connectivity index (χ1) is 39.6. The van der Waals surface area contributed by atoms with Crippen LogP contribution in [-0.4, -0.2) is 4.57 Å². The van der Waals surface area contributed by atoms with Crippen LogP contribution >= 0.6 is 0 Å². The van der Waals surface area contributed by atoms with Gasteiger partial charge in [0.1, 0.15) is 0 Å². The predicted octanol–water partition coefficient (Wildman–Crippen LogP) is 20.6. The maximum Gasteiger partial charge on any atom is 0.0543 e. The van der Waals surface area contributed by atoms with Crippen molar-refractivity contribution >= 4 is 44.8 Å². The van der Waals surface area contributed by atoms with Crippen LogP contribution in [0.2, 0.25) is 0 Å². The maximum absolute atomic E-state index is 2.50. The summed E-state index contributed by atoms with van der Waals surface area (Å²) in [6.45, 7) is 2.32. The van der Waals surface area contributed by atoms with Gasteiger partial charge in [0.2, 0.25) is 0 Å². The molecule has 0 radical (unpaired) electrons. The summed E-state index contributed by atoms with van der Waals surface area (Å²) >= 11 is 0. The van der Waals surface area contributed by atoms with Crippen molar-refractivity contribution in [2.24, 2.45) is 11.8 Å². The summed E-state index contributed by atoms with van der Waals surface area (Å²) in [5.41, 5.74) is 24.4. The highest BCUT2D eigenvalue weighted by Gasteiger charge is 2.49. The van der Waals surface area contributed by atoms with Gasteiger partial charge in [0.25, 0.3) is 0 Å². The molecule has 11 aromatic carbocycles. The Morgan fingerprint density at radius 2 is 1.05 bits per heavy atom. The van der Waals surface area contributed by atoms with Crippen LogP contribution in [0.25, 0.3) is 89.1 Å². The first-order valence-corrected chi connectivity index (χ1v) is 28.3. The SMILES string of the molecule is CC1C=Cc2c(n(-c3ccccc3)c3cc(-c4ccc(N(c5ccc(-c6ccc7c(c6)C(c6ccccc6)(C6C=CC=CC6)c6ccccc6-7)cc5)c5ccccc5-c5cccc6cccc(-c7ccccc7)c56)cc4)ccc23)C1. The summed E-state index contributed by atoms with van der Waals surface area (Å²) in [6.07, 6.45) is 15.9. The molecule has 0 aliphatic heterocycles. The second-order valence-corrected chi connectivity index (χ2v) is 22.0. The molecule has 0 bridgehead atoms. The monoisotopic (exact) mass is 1020 g/mol. The maximum atomic E-state index is 2.50. The van der Waals surface area contributed by atoms with Crippen LogP contribution in [-0.2, 0) is 11.8 Å². The third-order valence-corrected chi connectivity index (χ3v) is 17.4. The van der Waals surface area contributed by atoms with Gasteiger partial charge in [-0.05, 0) is 157 Å². The Morgan fingerprint density at radius 1 is 0.450 bits per heavy atom. The summed E-state index contributed by atoms with van der Waals surface area (Å²) in [5.74, 6) is 0.743. The van der Waals surface area contributed by atoms with E-state index in [1.165, 1.54) is 105 Å². The van der Waals surface area contributed by atoms with Crippen LogP contribution in [0.4, 0.5) is 17.1 Å². The number of para-hydroxylation sites is 2. The molecule has 0 fully saturated rings. The van der Waals surface area contributed by atoms with Crippen LogP contribution in [0.1, 0.15) is 41.3 Å². The zero-order chi connectivity index (χ0) is 53.2. The summed E-state index contributed by atoms with van der Waals surface area (Å²) in [5, 5.41) is 3.75. The van der Waals surface area contributed by atoms with Crippen molar-refractivity contribution in [3.8, 4) is 61.3 Å². The highest BCUT2D eigenvalue weighted by molar-refractivity contribution is 6.09. The number of hydrogen-bond donors (Lipinski definition) is 0. The van der Waals surface area contributed by atoms with Crippen LogP contribution in [0.15, 0.2) is 291 Å². The second-order valence-electron chi connectivity index (χ2n) is 22.0. The van der Waals surface area contributed by atoms with E-state index in [1.54, 1.807) is 0 Å². The van der Waals surface area contributed by atoms with Gasteiger partial charge in [-0.25, -0.2) is 0 Å². The molecule has 2 heteroatoms. The summed E-state index contributed by atoms with van der Waals surface area (Å²) in [7, 11) is 0. The molecule has 0 N–H and O–H groups in total. The molecule has 3 aliphatic rings. The van der Waals surface area contributed by atoms with Gasteiger partial charge in [-0.3, -0.25) is 0 Å².